The van der Waals surface area contributed by atoms with E-state index in [2.05, 4.69) is 0 Å². The molecule has 0 fully saturated rings. The van der Waals surface area contributed by atoms with E-state index in [9.17, 15) is 4.79 Å². The van der Waals surface area contributed by atoms with Crippen molar-refractivity contribution in [2.45, 2.75) is 0 Å². The van der Waals surface area contributed by atoms with Crippen molar-refractivity contribution in [3.63, 3.8) is 0 Å². The highest BCUT2D eigenvalue weighted by Crippen LogP contribution is 2.30. The van der Waals surface area contributed by atoms with Gasteiger partial charge in [-0.3, -0.25) is 4.79 Å². The van der Waals surface area contributed by atoms with Gasteiger partial charge in [0.2, 0.25) is 5.91 Å². The lowest BCUT2D eigenvalue weighted by atomic mass is 9.97. The zero-order valence-electron chi connectivity index (χ0n) is 11.0. The third-order valence-corrected chi connectivity index (χ3v) is 3.18. The Kier molecular flexibility index (Phi) is 4.43. The van der Waals surface area contributed by atoms with E-state index in [4.69, 9.17) is 22.1 Å². The number of carbonyl (C=O) groups excluding carboxylic acids is 1. The van der Waals surface area contributed by atoms with E-state index in [1.165, 1.54) is 6.08 Å². The molecule has 0 aromatic heterocycles. The number of hydrogen-bond donors (Lipinski definition) is 1. The van der Waals surface area contributed by atoms with E-state index >= 15 is 0 Å². The summed E-state index contributed by atoms with van der Waals surface area (Å²) in [5.74, 6) is 0.224. The third kappa shape index (κ3) is 3.19. The fraction of sp³-hybridized carbons (Fsp3) is 0.0625. The molecule has 4 heteroatoms. The first kappa shape index (κ1) is 14.2. The second-order valence-electron chi connectivity index (χ2n) is 4.17. The van der Waals surface area contributed by atoms with E-state index in [0.29, 0.717) is 10.6 Å². The quantitative estimate of drug-likeness (QED) is 0.878. The first-order valence-corrected chi connectivity index (χ1v) is 6.40. The molecular formula is C16H14ClNO2. The van der Waals surface area contributed by atoms with Gasteiger partial charge in [-0.2, -0.15) is 0 Å². The van der Waals surface area contributed by atoms with Crippen molar-refractivity contribution in [3.05, 3.63) is 70.8 Å². The van der Waals surface area contributed by atoms with Gasteiger partial charge in [-0.1, -0.05) is 41.9 Å². The molecule has 0 spiro atoms. The molecule has 2 N–H and O–H groups in total. The fourth-order valence-electron chi connectivity index (χ4n) is 1.91. The molecule has 0 radical (unpaired) electrons. The zero-order valence-corrected chi connectivity index (χ0v) is 11.7. The number of rotatable bonds is 4. The molecule has 0 atom stereocenters. The lowest BCUT2D eigenvalue weighted by Crippen LogP contribution is -2.07. The molecule has 3 nitrogen and oxygen atoms in total. The van der Waals surface area contributed by atoms with Gasteiger partial charge >= 0.3 is 0 Å². The largest absolute Gasteiger partial charge is 0.497 e. The average Bonchev–Trinajstić information content (AvgIpc) is 2.46. The number of carbonyl (C=O) groups is 1. The Morgan fingerprint density at radius 2 is 1.80 bits per heavy atom. The number of benzene rings is 2. The van der Waals surface area contributed by atoms with Gasteiger partial charge in [0.25, 0.3) is 0 Å². The summed E-state index contributed by atoms with van der Waals surface area (Å²) in [5.41, 5.74) is 7.58. The average molecular weight is 288 g/mol. The van der Waals surface area contributed by atoms with Gasteiger partial charge in [0.1, 0.15) is 5.75 Å². The van der Waals surface area contributed by atoms with Crippen LogP contribution in [0.25, 0.3) is 5.57 Å². The Labute approximate surface area is 122 Å². The van der Waals surface area contributed by atoms with Crippen LogP contribution in [0, 0.1) is 0 Å². The summed E-state index contributed by atoms with van der Waals surface area (Å²) in [6, 6.07) is 14.7. The summed E-state index contributed by atoms with van der Waals surface area (Å²) in [7, 11) is 1.60. The smallest absolute Gasteiger partial charge is 0.242 e. The minimum Gasteiger partial charge on any atom is -0.497 e. The molecule has 2 aromatic carbocycles. The van der Waals surface area contributed by atoms with Crippen LogP contribution in [0.4, 0.5) is 0 Å². The minimum absolute atomic E-state index is 0.518. The van der Waals surface area contributed by atoms with Crippen LogP contribution < -0.4 is 10.5 Å². The molecule has 0 saturated carbocycles. The van der Waals surface area contributed by atoms with Gasteiger partial charge in [0.05, 0.1) is 7.11 Å². The molecule has 0 bridgehead atoms. The maximum absolute atomic E-state index is 11.3. The standard InChI is InChI=1S/C16H14ClNO2/c1-20-12-8-6-11(7-9-12)14(10-16(18)19)13-4-2-3-5-15(13)17/h2-10H,1H3,(H2,18,19)/b14-10+. The first-order valence-electron chi connectivity index (χ1n) is 6.02. The topological polar surface area (TPSA) is 52.3 Å². The van der Waals surface area contributed by atoms with Crippen molar-refractivity contribution in [1.29, 1.82) is 0 Å². The second-order valence-corrected chi connectivity index (χ2v) is 4.58. The summed E-state index contributed by atoms with van der Waals surface area (Å²) in [4.78, 5) is 11.3. The van der Waals surface area contributed by atoms with Crippen LogP contribution in [0.2, 0.25) is 5.02 Å². The summed E-state index contributed by atoms with van der Waals surface area (Å²) in [6.07, 6.45) is 1.38. The van der Waals surface area contributed by atoms with Crippen LogP contribution in [-0.2, 0) is 4.79 Å². The van der Waals surface area contributed by atoms with Gasteiger partial charge in [-0.25, -0.2) is 0 Å². The Morgan fingerprint density at radius 3 is 2.35 bits per heavy atom. The van der Waals surface area contributed by atoms with E-state index in [-0.39, 0.29) is 0 Å². The highest BCUT2D eigenvalue weighted by atomic mass is 35.5. The van der Waals surface area contributed by atoms with Crippen LogP contribution in [0.1, 0.15) is 11.1 Å². The molecule has 0 unspecified atom stereocenters. The van der Waals surface area contributed by atoms with Gasteiger partial charge in [-0.05, 0) is 29.3 Å². The molecule has 20 heavy (non-hydrogen) atoms. The van der Waals surface area contributed by atoms with Gasteiger partial charge in [-0.15, -0.1) is 0 Å². The van der Waals surface area contributed by atoms with E-state index in [0.717, 1.165) is 16.9 Å². The summed E-state index contributed by atoms with van der Waals surface area (Å²) >= 11 is 6.19. The predicted molar refractivity (Wildman–Crippen MR) is 80.7 cm³/mol. The summed E-state index contributed by atoms with van der Waals surface area (Å²) < 4.78 is 5.12. The van der Waals surface area contributed by atoms with E-state index in [1.807, 2.05) is 42.5 Å². The highest BCUT2D eigenvalue weighted by molar-refractivity contribution is 6.32. The minimum atomic E-state index is -0.518. The van der Waals surface area contributed by atoms with Crippen LogP contribution in [0.15, 0.2) is 54.6 Å². The molecule has 2 aromatic rings. The first-order chi connectivity index (χ1) is 9.61. The molecule has 0 aliphatic rings. The van der Waals surface area contributed by atoms with E-state index < -0.39 is 5.91 Å². The van der Waals surface area contributed by atoms with Gasteiger partial charge < -0.3 is 10.5 Å². The number of hydrogen-bond acceptors (Lipinski definition) is 2. The number of primary amides is 1. The highest BCUT2D eigenvalue weighted by Gasteiger charge is 2.10. The number of methoxy groups -OCH3 is 1. The molecule has 2 rings (SSSR count). The van der Waals surface area contributed by atoms with Crippen LogP contribution in [-0.4, -0.2) is 13.0 Å². The van der Waals surface area contributed by atoms with Gasteiger partial charge in [0.15, 0.2) is 0 Å². The molecule has 102 valence electrons. The molecule has 1 amide bonds. The van der Waals surface area contributed by atoms with E-state index in [1.54, 1.807) is 13.2 Å². The molecule has 0 heterocycles. The SMILES string of the molecule is COc1ccc(/C(=C\C(N)=O)c2ccccc2Cl)cc1. The number of amides is 1. The molecular weight excluding hydrogens is 274 g/mol. The zero-order chi connectivity index (χ0) is 14.5. The van der Waals surface area contributed by atoms with Crippen LogP contribution in [0.3, 0.4) is 0 Å². The maximum atomic E-state index is 11.3. The van der Waals surface area contributed by atoms with Crippen LogP contribution >= 0.6 is 11.6 Å². The Bertz CT molecular complexity index is 648. The van der Waals surface area contributed by atoms with Crippen LogP contribution in [0.5, 0.6) is 5.75 Å². The third-order valence-electron chi connectivity index (χ3n) is 2.85. The number of halogens is 1. The lowest BCUT2D eigenvalue weighted by Gasteiger charge is -2.10. The Morgan fingerprint density at radius 1 is 1.15 bits per heavy atom. The van der Waals surface area contributed by atoms with Crippen molar-refractivity contribution in [2.24, 2.45) is 5.73 Å². The molecule has 0 aliphatic carbocycles. The van der Waals surface area contributed by atoms with Crippen molar-refractivity contribution in [2.75, 3.05) is 7.11 Å². The van der Waals surface area contributed by atoms with Crippen molar-refractivity contribution in [1.82, 2.24) is 0 Å². The summed E-state index contributed by atoms with van der Waals surface area (Å²) in [5, 5.41) is 0.566. The Hall–Kier alpha value is -2.26. The summed E-state index contributed by atoms with van der Waals surface area (Å²) in [6.45, 7) is 0. The number of nitrogens with two attached hydrogens (primary N) is 1. The fourth-order valence-corrected chi connectivity index (χ4v) is 2.15. The van der Waals surface area contributed by atoms with Crippen molar-refractivity contribution in [3.8, 4) is 5.75 Å². The number of ether oxygens (including phenoxy) is 1. The van der Waals surface area contributed by atoms with Crippen molar-refractivity contribution >= 4 is 23.1 Å². The Balaban J connectivity index is 2.53. The predicted octanol–water partition coefficient (Wildman–Crippen LogP) is 3.27. The second kappa shape index (κ2) is 6.26. The monoisotopic (exact) mass is 287 g/mol. The molecule has 0 aliphatic heterocycles. The molecule has 0 saturated heterocycles. The normalized spacial score (nSPS) is 11.2. The van der Waals surface area contributed by atoms with Crippen molar-refractivity contribution < 1.29 is 9.53 Å². The van der Waals surface area contributed by atoms with Gasteiger partial charge in [0, 0.05) is 16.7 Å². The lowest BCUT2D eigenvalue weighted by molar-refractivity contribution is -0.113. The maximum Gasteiger partial charge on any atom is 0.242 e.